The van der Waals surface area contributed by atoms with Crippen molar-refractivity contribution in [1.29, 1.82) is 0 Å². The number of aliphatic hydroxyl groups is 1. The van der Waals surface area contributed by atoms with Crippen LogP contribution in [-0.4, -0.2) is 45.8 Å². The highest BCUT2D eigenvalue weighted by atomic mass is 19.1. The Bertz CT molecular complexity index is 708. The summed E-state index contributed by atoms with van der Waals surface area (Å²) in [4.78, 5) is 10.7. The molecule has 2 atom stereocenters. The molecule has 1 fully saturated rings. The average molecular weight is 359 g/mol. The van der Waals surface area contributed by atoms with E-state index in [-0.39, 0.29) is 18.5 Å². The van der Waals surface area contributed by atoms with Gasteiger partial charge in [0.2, 0.25) is 0 Å². The minimum absolute atomic E-state index is 0.198. The molecule has 1 aromatic carbocycles. The number of hydrogen-bond donors (Lipinski definition) is 2. The van der Waals surface area contributed by atoms with E-state index in [9.17, 15) is 9.50 Å². The zero-order valence-electron chi connectivity index (χ0n) is 15.0. The molecule has 1 saturated heterocycles. The van der Waals surface area contributed by atoms with Gasteiger partial charge in [-0.15, -0.1) is 0 Å². The predicted molar refractivity (Wildman–Crippen MR) is 96.7 cm³/mol. The van der Waals surface area contributed by atoms with Crippen molar-refractivity contribution >= 4 is 0 Å². The SMILES string of the molecule is O[C@H](COc1ccc(F)cc1)CN1CCC[C@@H]1c1nc2c([nH]1)CCCC2. The van der Waals surface area contributed by atoms with E-state index in [1.165, 1.54) is 36.4 Å². The highest BCUT2D eigenvalue weighted by Gasteiger charge is 2.31. The van der Waals surface area contributed by atoms with Gasteiger partial charge in [-0.1, -0.05) is 0 Å². The van der Waals surface area contributed by atoms with Crippen LogP contribution in [0.3, 0.4) is 0 Å². The molecule has 2 heterocycles. The molecule has 0 saturated carbocycles. The Hall–Kier alpha value is -1.92. The smallest absolute Gasteiger partial charge is 0.124 e. The van der Waals surface area contributed by atoms with Gasteiger partial charge in [0.25, 0.3) is 0 Å². The third-order valence-corrected chi connectivity index (χ3v) is 5.35. The van der Waals surface area contributed by atoms with E-state index in [1.54, 1.807) is 12.1 Å². The van der Waals surface area contributed by atoms with E-state index in [0.717, 1.165) is 38.1 Å². The molecule has 26 heavy (non-hydrogen) atoms. The molecular weight excluding hydrogens is 333 g/mol. The summed E-state index contributed by atoms with van der Waals surface area (Å²) >= 11 is 0. The van der Waals surface area contributed by atoms with Crippen LogP contribution >= 0.6 is 0 Å². The standard InChI is InChI=1S/C20H26FN3O2/c21-14-7-9-16(10-8-14)26-13-15(25)12-24-11-3-6-19(24)20-22-17-4-1-2-5-18(17)23-20/h7-10,15,19,25H,1-6,11-13H2,(H,22,23)/t15-,19+/m0/s1. The number of hydrogen-bond acceptors (Lipinski definition) is 4. The minimum atomic E-state index is -0.592. The van der Waals surface area contributed by atoms with Crippen LogP contribution < -0.4 is 4.74 Å². The fourth-order valence-electron chi connectivity index (χ4n) is 4.03. The second-order valence-electron chi connectivity index (χ2n) is 7.33. The number of imidazole rings is 1. The van der Waals surface area contributed by atoms with E-state index < -0.39 is 6.10 Å². The normalized spacial score (nSPS) is 21.5. The van der Waals surface area contributed by atoms with Crippen molar-refractivity contribution in [3.63, 3.8) is 0 Å². The van der Waals surface area contributed by atoms with Gasteiger partial charge in [-0.2, -0.15) is 0 Å². The van der Waals surface area contributed by atoms with Crippen molar-refractivity contribution in [2.75, 3.05) is 19.7 Å². The first-order valence-electron chi connectivity index (χ1n) is 9.57. The van der Waals surface area contributed by atoms with E-state index in [4.69, 9.17) is 9.72 Å². The molecule has 1 aromatic heterocycles. The first kappa shape index (κ1) is 17.5. The fourth-order valence-corrected chi connectivity index (χ4v) is 4.03. The van der Waals surface area contributed by atoms with Crippen LogP contribution in [0.15, 0.2) is 24.3 Å². The van der Waals surface area contributed by atoms with Crippen LogP contribution in [0.1, 0.15) is 48.9 Å². The number of fused-ring (bicyclic) bond motifs is 1. The van der Waals surface area contributed by atoms with Gasteiger partial charge in [0.1, 0.15) is 30.1 Å². The Morgan fingerprint density at radius 3 is 2.85 bits per heavy atom. The number of ether oxygens (including phenoxy) is 1. The number of H-pyrrole nitrogens is 1. The Morgan fingerprint density at radius 2 is 2.04 bits per heavy atom. The van der Waals surface area contributed by atoms with Gasteiger partial charge in [0, 0.05) is 12.2 Å². The second kappa shape index (κ2) is 7.76. The molecule has 0 spiro atoms. The predicted octanol–water partition coefficient (Wildman–Crippen LogP) is 3.00. The lowest BCUT2D eigenvalue weighted by Gasteiger charge is -2.25. The molecule has 6 heteroatoms. The van der Waals surface area contributed by atoms with E-state index in [0.29, 0.717) is 12.3 Å². The van der Waals surface area contributed by atoms with Crippen molar-refractivity contribution in [1.82, 2.24) is 14.9 Å². The van der Waals surface area contributed by atoms with E-state index >= 15 is 0 Å². The fraction of sp³-hybridized carbons (Fsp3) is 0.550. The van der Waals surface area contributed by atoms with Crippen molar-refractivity contribution in [2.24, 2.45) is 0 Å². The second-order valence-corrected chi connectivity index (χ2v) is 7.33. The molecule has 0 amide bonds. The van der Waals surface area contributed by atoms with Crippen LogP contribution in [0.2, 0.25) is 0 Å². The maximum Gasteiger partial charge on any atom is 0.124 e. The van der Waals surface area contributed by atoms with Crippen molar-refractivity contribution in [3.8, 4) is 5.75 Å². The van der Waals surface area contributed by atoms with Crippen LogP contribution in [0.5, 0.6) is 5.75 Å². The van der Waals surface area contributed by atoms with Crippen LogP contribution in [0.25, 0.3) is 0 Å². The van der Waals surface area contributed by atoms with E-state index in [2.05, 4.69) is 9.88 Å². The lowest BCUT2D eigenvalue weighted by atomic mass is 10.0. The number of aliphatic hydroxyl groups excluding tert-OH is 1. The summed E-state index contributed by atoms with van der Waals surface area (Å²) in [6.45, 7) is 1.71. The average Bonchev–Trinajstić information content (AvgIpc) is 3.27. The molecule has 4 rings (SSSR count). The Labute approximate surface area is 153 Å². The number of benzene rings is 1. The largest absolute Gasteiger partial charge is 0.491 e. The lowest BCUT2D eigenvalue weighted by Crippen LogP contribution is -2.35. The summed E-state index contributed by atoms with van der Waals surface area (Å²) in [6.07, 6.45) is 6.23. The first-order valence-corrected chi connectivity index (χ1v) is 9.57. The van der Waals surface area contributed by atoms with Crippen LogP contribution in [0.4, 0.5) is 4.39 Å². The number of aromatic nitrogens is 2. The molecule has 1 aliphatic carbocycles. The Morgan fingerprint density at radius 1 is 1.23 bits per heavy atom. The summed E-state index contributed by atoms with van der Waals surface area (Å²) in [7, 11) is 0. The number of rotatable bonds is 6. The summed E-state index contributed by atoms with van der Waals surface area (Å²) in [5, 5.41) is 10.4. The summed E-state index contributed by atoms with van der Waals surface area (Å²) < 4.78 is 18.5. The van der Waals surface area contributed by atoms with Crippen LogP contribution in [-0.2, 0) is 12.8 Å². The van der Waals surface area contributed by atoms with Gasteiger partial charge in [-0.25, -0.2) is 9.37 Å². The molecule has 5 nitrogen and oxygen atoms in total. The molecular formula is C20H26FN3O2. The van der Waals surface area contributed by atoms with Gasteiger partial charge in [-0.05, 0) is 69.3 Å². The number of nitrogens with one attached hydrogen (secondary N) is 1. The zero-order valence-corrected chi connectivity index (χ0v) is 15.0. The number of aromatic amines is 1. The molecule has 2 aromatic rings. The molecule has 0 unspecified atom stereocenters. The number of nitrogens with zero attached hydrogens (tertiary/aromatic N) is 2. The molecule has 0 radical (unpaired) electrons. The van der Waals surface area contributed by atoms with Gasteiger partial charge in [-0.3, -0.25) is 4.90 Å². The molecule has 2 N–H and O–H groups in total. The van der Waals surface area contributed by atoms with Gasteiger partial charge < -0.3 is 14.8 Å². The van der Waals surface area contributed by atoms with E-state index in [1.807, 2.05) is 0 Å². The quantitative estimate of drug-likeness (QED) is 0.832. The molecule has 1 aliphatic heterocycles. The number of likely N-dealkylation sites (tertiary alicyclic amines) is 1. The van der Waals surface area contributed by atoms with Crippen molar-refractivity contribution in [3.05, 3.63) is 47.3 Å². The lowest BCUT2D eigenvalue weighted by molar-refractivity contribution is 0.0628. The van der Waals surface area contributed by atoms with Gasteiger partial charge >= 0.3 is 0 Å². The topological polar surface area (TPSA) is 61.4 Å². The van der Waals surface area contributed by atoms with Gasteiger partial charge in [0.05, 0.1) is 11.7 Å². The third-order valence-electron chi connectivity index (χ3n) is 5.35. The molecule has 2 aliphatic rings. The maximum absolute atomic E-state index is 12.9. The third kappa shape index (κ3) is 3.91. The highest BCUT2D eigenvalue weighted by molar-refractivity contribution is 5.22. The Balaban J connectivity index is 1.34. The minimum Gasteiger partial charge on any atom is -0.491 e. The summed E-state index contributed by atoms with van der Waals surface area (Å²) in [5.74, 6) is 1.34. The summed E-state index contributed by atoms with van der Waals surface area (Å²) in [6, 6.07) is 6.12. The summed E-state index contributed by atoms with van der Waals surface area (Å²) in [5.41, 5.74) is 2.54. The monoisotopic (exact) mass is 359 g/mol. The maximum atomic E-state index is 12.9. The van der Waals surface area contributed by atoms with Crippen molar-refractivity contribution in [2.45, 2.75) is 50.7 Å². The molecule has 140 valence electrons. The Kier molecular flexibility index (Phi) is 5.22. The zero-order chi connectivity index (χ0) is 17.9. The highest BCUT2D eigenvalue weighted by Crippen LogP contribution is 2.32. The number of β-amino-alcohol motifs (C(OH)–C–C–N with tert-alkyl or cyclic N) is 1. The first-order chi connectivity index (χ1) is 12.7. The van der Waals surface area contributed by atoms with Crippen LogP contribution in [0, 0.1) is 5.82 Å². The van der Waals surface area contributed by atoms with Crippen molar-refractivity contribution < 1.29 is 14.2 Å². The number of halogens is 1. The van der Waals surface area contributed by atoms with Gasteiger partial charge in [0.15, 0.2) is 0 Å². The number of aryl methyl sites for hydroxylation is 2. The molecule has 0 bridgehead atoms.